The molecule has 2 aromatic heterocycles. The van der Waals surface area contributed by atoms with Crippen LogP contribution >= 0.6 is 0 Å². The lowest BCUT2D eigenvalue weighted by molar-refractivity contribution is -0.135. The van der Waals surface area contributed by atoms with Gasteiger partial charge in [0.25, 0.3) is 0 Å². The Hall–Kier alpha value is -3.55. The van der Waals surface area contributed by atoms with E-state index in [1.165, 1.54) is 16.7 Å². The smallest absolute Gasteiger partial charge is 0.323 e. The Morgan fingerprint density at radius 3 is 2.48 bits per heavy atom. The Balaban J connectivity index is 1.91. The molecule has 8 nitrogen and oxygen atoms in total. The number of urea groups is 1. The maximum Gasteiger partial charge on any atom is 0.323 e. The molecule has 2 amide bonds. The number of carbonyl (C=O) groups is 2. The molecule has 3 rings (SSSR count). The van der Waals surface area contributed by atoms with Crippen LogP contribution in [0.1, 0.15) is 28.1 Å². The van der Waals surface area contributed by atoms with Gasteiger partial charge in [0.1, 0.15) is 6.54 Å². The summed E-state index contributed by atoms with van der Waals surface area (Å²) in [4.78, 5) is 27.3. The summed E-state index contributed by atoms with van der Waals surface area (Å²) in [5.41, 5.74) is 7.55. The molecule has 0 saturated heterocycles. The lowest BCUT2D eigenvalue weighted by Crippen LogP contribution is -2.33. The number of nitrogens with one attached hydrogen (secondary N) is 3. The second-order valence-electron chi connectivity index (χ2n) is 7.04. The minimum absolute atomic E-state index is 0.449. The number of amides is 2. The van der Waals surface area contributed by atoms with Crippen LogP contribution in [-0.2, 0) is 11.3 Å². The number of hydrogen-bond donors (Lipinski definition) is 4. The summed E-state index contributed by atoms with van der Waals surface area (Å²) < 4.78 is 1.91. The number of pyridine rings is 1. The van der Waals surface area contributed by atoms with Crippen LogP contribution in [0.3, 0.4) is 0 Å². The number of carbonyl (C=O) groups excluding carboxylic acids is 1. The fourth-order valence-electron chi connectivity index (χ4n) is 3.21. The van der Waals surface area contributed by atoms with Gasteiger partial charge >= 0.3 is 12.0 Å². The zero-order valence-corrected chi connectivity index (χ0v) is 17.0. The van der Waals surface area contributed by atoms with E-state index in [2.05, 4.69) is 46.9 Å². The topological polar surface area (TPSA) is 108 Å². The quantitative estimate of drug-likeness (QED) is 0.512. The first-order valence-electron chi connectivity index (χ1n) is 9.31. The van der Waals surface area contributed by atoms with Crippen LogP contribution in [0.25, 0.3) is 5.65 Å². The van der Waals surface area contributed by atoms with Gasteiger partial charge in [0, 0.05) is 18.4 Å². The SMILES string of the molecule is Cc1cccc(C)c1CNc1cc(NC(=O)NCC(=O)O)cn2c(C)c(C)nc12. The summed E-state index contributed by atoms with van der Waals surface area (Å²) in [5, 5.41) is 17.1. The molecule has 0 atom stereocenters. The fraction of sp³-hybridized carbons (Fsp3) is 0.286. The normalized spacial score (nSPS) is 10.8. The molecule has 4 N–H and O–H groups in total. The highest BCUT2D eigenvalue weighted by atomic mass is 16.4. The highest BCUT2D eigenvalue weighted by Crippen LogP contribution is 2.25. The van der Waals surface area contributed by atoms with Crippen LogP contribution < -0.4 is 16.0 Å². The van der Waals surface area contributed by atoms with E-state index in [4.69, 9.17) is 5.11 Å². The third kappa shape index (κ3) is 4.48. The highest BCUT2D eigenvalue weighted by molar-refractivity contribution is 5.92. The molecule has 29 heavy (non-hydrogen) atoms. The third-order valence-corrected chi connectivity index (χ3v) is 4.95. The van der Waals surface area contributed by atoms with Crippen molar-refractivity contribution in [1.82, 2.24) is 14.7 Å². The van der Waals surface area contributed by atoms with Gasteiger partial charge in [-0.1, -0.05) is 18.2 Å². The Morgan fingerprint density at radius 2 is 1.83 bits per heavy atom. The monoisotopic (exact) mass is 395 g/mol. The molecule has 2 heterocycles. The van der Waals surface area contributed by atoms with E-state index in [0.29, 0.717) is 12.2 Å². The first-order chi connectivity index (χ1) is 13.8. The van der Waals surface area contributed by atoms with E-state index in [0.717, 1.165) is 22.7 Å². The van der Waals surface area contributed by atoms with E-state index < -0.39 is 18.5 Å². The Bertz CT molecular complexity index is 1070. The van der Waals surface area contributed by atoms with E-state index in [-0.39, 0.29) is 0 Å². The first-order valence-corrected chi connectivity index (χ1v) is 9.31. The Labute approximate surface area is 169 Å². The van der Waals surface area contributed by atoms with E-state index in [1.54, 1.807) is 12.3 Å². The van der Waals surface area contributed by atoms with Crippen LogP contribution in [0.4, 0.5) is 16.2 Å². The largest absolute Gasteiger partial charge is 0.480 e. The Kier molecular flexibility index (Phi) is 5.72. The molecule has 0 saturated carbocycles. The third-order valence-electron chi connectivity index (χ3n) is 4.95. The van der Waals surface area contributed by atoms with Crippen molar-refractivity contribution in [3.63, 3.8) is 0 Å². The molecule has 0 bridgehead atoms. The molecule has 0 aliphatic heterocycles. The molecule has 152 valence electrons. The van der Waals surface area contributed by atoms with Gasteiger partial charge in [0.2, 0.25) is 0 Å². The zero-order chi connectivity index (χ0) is 21.1. The standard InChI is InChI=1S/C21H25N5O3/c1-12-6-5-7-13(2)17(12)9-22-18-8-16(25-21(29)23-10-19(27)28)11-26-15(4)14(3)24-20(18)26/h5-8,11,22H,9-10H2,1-4H3,(H,27,28)(H2,23,25,29). The molecular weight excluding hydrogens is 370 g/mol. The number of rotatable bonds is 6. The van der Waals surface area contributed by atoms with Gasteiger partial charge in [-0.15, -0.1) is 0 Å². The number of carboxylic acids is 1. The van der Waals surface area contributed by atoms with Crippen molar-refractivity contribution >= 4 is 29.0 Å². The van der Waals surface area contributed by atoms with Crippen molar-refractivity contribution in [2.45, 2.75) is 34.2 Å². The predicted octanol–water partition coefficient (Wildman–Crippen LogP) is 3.39. The number of fused-ring (bicyclic) bond motifs is 1. The van der Waals surface area contributed by atoms with Crippen molar-refractivity contribution in [3.8, 4) is 0 Å². The molecule has 3 aromatic rings. The molecule has 0 fully saturated rings. The first kappa shape index (κ1) is 20.2. The zero-order valence-electron chi connectivity index (χ0n) is 17.0. The molecule has 0 radical (unpaired) electrons. The molecule has 8 heteroatoms. The lowest BCUT2D eigenvalue weighted by atomic mass is 10.0. The van der Waals surface area contributed by atoms with Gasteiger partial charge in [-0.2, -0.15) is 0 Å². The summed E-state index contributed by atoms with van der Waals surface area (Å²) in [5.74, 6) is -1.10. The molecular formula is C21H25N5O3. The van der Waals surface area contributed by atoms with Crippen molar-refractivity contribution in [2.24, 2.45) is 0 Å². The van der Waals surface area contributed by atoms with Crippen LogP contribution in [0.5, 0.6) is 0 Å². The van der Waals surface area contributed by atoms with Crippen molar-refractivity contribution in [3.05, 3.63) is 58.5 Å². The number of aliphatic carboxylic acids is 1. The van der Waals surface area contributed by atoms with Crippen LogP contribution in [0.15, 0.2) is 30.5 Å². The van der Waals surface area contributed by atoms with Crippen molar-refractivity contribution < 1.29 is 14.7 Å². The van der Waals surface area contributed by atoms with Crippen LogP contribution in [0, 0.1) is 27.7 Å². The van der Waals surface area contributed by atoms with Gasteiger partial charge < -0.3 is 25.5 Å². The maximum atomic E-state index is 12.0. The number of nitrogens with zero attached hydrogens (tertiary/aromatic N) is 2. The number of hydrogen-bond acceptors (Lipinski definition) is 4. The highest BCUT2D eigenvalue weighted by Gasteiger charge is 2.13. The van der Waals surface area contributed by atoms with E-state index in [1.807, 2.05) is 24.3 Å². The van der Waals surface area contributed by atoms with E-state index in [9.17, 15) is 9.59 Å². The Morgan fingerprint density at radius 1 is 1.14 bits per heavy atom. The number of aromatic nitrogens is 2. The predicted molar refractivity (Wildman–Crippen MR) is 113 cm³/mol. The molecule has 0 unspecified atom stereocenters. The number of aryl methyl sites for hydroxylation is 4. The second-order valence-corrected chi connectivity index (χ2v) is 7.04. The number of carboxylic acid groups (broad SMARTS) is 1. The minimum Gasteiger partial charge on any atom is -0.480 e. The summed E-state index contributed by atoms with van der Waals surface area (Å²) in [6.45, 7) is 8.22. The van der Waals surface area contributed by atoms with Gasteiger partial charge in [0.05, 0.1) is 17.1 Å². The number of benzene rings is 1. The van der Waals surface area contributed by atoms with Gasteiger partial charge in [-0.05, 0) is 50.5 Å². The van der Waals surface area contributed by atoms with Crippen molar-refractivity contribution in [1.29, 1.82) is 0 Å². The van der Waals surface area contributed by atoms with Crippen LogP contribution in [0.2, 0.25) is 0 Å². The molecule has 0 spiro atoms. The molecule has 0 aliphatic carbocycles. The molecule has 0 aliphatic rings. The number of imidazole rings is 1. The summed E-state index contributed by atoms with van der Waals surface area (Å²) >= 11 is 0. The van der Waals surface area contributed by atoms with Gasteiger partial charge in [0.15, 0.2) is 5.65 Å². The summed E-state index contributed by atoms with van der Waals surface area (Å²) in [6, 6.07) is 7.41. The number of anilines is 2. The van der Waals surface area contributed by atoms with Crippen LogP contribution in [-0.4, -0.2) is 33.0 Å². The average Bonchev–Trinajstić information content (AvgIpc) is 2.94. The summed E-state index contributed by atoms with van der Waals surface area (Å²) in [6.07, 6.45) is 1.77. The molecule has 1 aromatic carbocycles. The average molecular weight is 395 g/mol. The fourth-order valence-corrected chi connectivity index (χ4v) is 3.21. The van der Waals surface area contributed by atoms with Crippen molar-refractivity contribution in [2.75, 3.05) is 17.2 Å². The minimum atomic E-state index is -1.10. The van der Waals surface area contributed by atoms with Gasteiger partial charge in [-0.25, -0.2) is 9.78 Å². The van der Waals surface area contributed by atoms with E-state index >= 15 is 0 Å². The lowest BCUT2D eigenvalue weighted by Gasteiger charge is -2.15. The van der Waals surface area contributed by atoms with Gasteiger partial charge in [-0.3, -0.25) is 4.79 Å². The summed E-state index contributed by atoms with van der Waals surface area (Å²) in [7, 11) is 0. The maximum absolute atomic E-state index is 12.0. The second kappa shape index (κ2) is 8.22.